The first-order valence-electron chi connectivity index (χ1n) is 6.11. The van der Waals surface area contributed by atoms with E-state index < -0.39 is 0 Å². The minimum absolute atomic E-state index is 0.275. The molecule has 1 amide bonds. The smallest absolute Gasteiger partial charge is 0.225 e. The first-order valence-corrected chi connectivity index (χ1v) is 7.03. The number of likely N-dealkylation sites (tertiary alicyclic amines) is 1. The molecule has 1 saturated heterocycles. The van der Waals surface area contributed by atoms with Gasteiger partial charge in [0.05, 0.1) is 0 Å². The highest BCUT2D eigenvalue weighted by Gasteiger charge is 2.35. The molecule has 15 heavy (non-hydrogen) atoms. The van der Waals surface area contributed by atoms with Crippen LogP contribution < -0.4 is 0 Å². The van der Waals surface area contributed by atoms with Crippen LogP contribution in [0.15, 0.2) is 0 Å². The lowest BCUT2D eigenvalue weighted by Crippen LogP contribution is -2.36. The first-order chi connectivity index (χ1) is 7.18. The lowest BCUT2D eigenvalue weighted by atomic mass is 10.0. The zero-order chi connectivity index (χ0) is 10.8. The molecule has 1 aliphatic carbocycles. The van der Waals surface area contributed by atoms with Crippen molar-refractivity contribution < 1.29 is 4.79 Å². The molecule has 0 bridgehead atoms. The Labute approximate surface area is 101 Å². The molecule has 1 heterocycles. The number of hydrogen-bond donors (Lipinski definition) is 0. The molecule has 1 saturated carbocycles. The van der Waals surface area contributed by atoms with Crippen molar-refractivity contribution in [2.75, 3.05) is 13.1 Å². The third kappa shape index (κ3) is 2.96. The van der Waals surface area contributed by atoms with Crippen molar-refractivity contribution in [2.24, 2.45) is 11.8 Å². The van der Waals surface area contributed by atoms with Gasteiger partial charge in [-0.2, -0.15) is 0 Å². The van der Waals surface area contributed by atoms with E-state index in [-0.39, 0.29) is 5.92 Å². The fourth-order valence-electron chi connectivity index (χ4n) is 2.36. The molecular formula is C12H20BrNO. The lowest BCUT2D eigenvalue weighted by Gasteiger charge is -2.24. The second kappa shape index (κ2) is 4.86. The molecule has 1 aliphatic heterocycles. The van der Waals surface area contributed by atoms with Gasteiger partial charge in [0.2, 0.25) is 5.91 Å². The molecule has 86 valence electrons. The summed E-state index contributed by atoms with van der Waals surface area (Å²) < 4.78 is 0. The van der Waals surface area contributed by atoms with Crippen molar-refractivity contribution in [1.29, 1.82) is 0 Å². The predicted molar refractivity (Wildman–Crippen MR) is 65.0 cm³/mol. The van der Waals surface area contributed by atoms with Gasteiger partial charge in [0.15, 0.2) is 0 Å². The van der Waals surface area contributed by atoms with Crippen LogP contribution in [-0.4, -0.2) is 28.7 Å². The van der Waals surface area contributed by atoms with Gasteiger partial charge in [0.1, 0.15) is 0 Å². The Hall–Kier alpha value is -0.0500. The Morgan fingerprint density at radius 3 is 2.67 bits per heavy atom. The number of alkyl halides is 1. The van der Waals surface area contributed by atoms with Crippen molar-refractivity contribution in [3.63, 3.8) is 0 Å². The normalized spacial score (nSPS) is 29.7. The quantitative estimate of drug-likeness (QED) is 0.709. The summed E-state index contributed by atoms with van der Waals surface area (Å²) >= 11 is 3.66. The molecule has 0 aromatic carbocycles. The van der Waals surface area contributed by atoms with Gasteiger partial charge >= 0.3 is 0 Å². The maximum Gasteiger partial charge on any atom is 0.225 e. The van der Waals surface area contributed by atoms with Crippen LogP contribution in [0.4, 0.5) is 0 Å². The van der Waals surface area contributed by atoms with E-state index in [1.807, 2.05) is 0 Å². The summed E-state index contributed by atoms with van der Waals surface area (Å²) in [6.45, 7) is 4.03. The van der Waals surface area contributed by atoms with E-state index in [2.05, 4.69) is 27.8 Å². The third-order valence-corrected chi connectivity index (χ3v) is 4.60. The van der Waals surface area contributed by atoms with Gasteiger partial charge in [0.25, 0.3) is 0 Å². The highest BCUT2D eigenvalue weighted by Crippen LogP contribution is 2.37. The summed E-state index contributed by atoms with van der Waals surface area (Å²) in [5.41, 5.74) is 0. The largest absolute Gasteiger partial charge is 0.342 e. The number of hydrogen-bond acceptors (Lipinski definition) is 1. The molecule has 0 radical (unpaired) electrons. The van der Waals surface area contributed by atoms with Crippen LogP contribution in [0, 0.1) is 11.8 Å². The summed E-state index contributed by atoms with van der Waals surface area (Å²) in [6.07, 6.45) is 6.01. The monoisotopic (exact) mass is 273 g/mol. The zero-order valence-corrected chi connectivity index (χ0v) is 11.0. The molecule has 0 aromatic heterocycles. The standard InChI is InChI=1S/C12H20BrNO/c1-9(10-4-5-10)12(15)14-7-2-3-11(13)6-8-14/h9-11H,2-8H2,1H3. The summed E-state index contributed by atoms with van der Waals surface area (Å²) in [5.74, 6) is 1.37. The van der Waals surface area contributed by atoms with Gasteiger partial charge < -0.3 is 4.90 Å². The van der Waals surface area contributed by atoms with E-state index >= 15 is 0 Å². The molecule has 3 heteroatoms. The summed E-state index contributed by atoms with van der Waals surface area (Å²) in [7, 11) is 0. The molecule has 2 fully saturated rings. The maximum atomic E-state index is 12.1. The van der Waals surface area contributed by atoms with Crippen molar-refractivity contribution >= 4 is 21.8 Å². The average molecular weight is 274 g/mol. The van der Waals surface area contributed by atoms with Crippen LogP contribution in [0.1, 0.15) is 39.0 Å². The molecule has 2 unspecified atom stereocenters. The van der Waals surface area contributed by atoms with Crippen LogP contribution in [0.2, 0.25) is 0 Å². The van der Waals surface area contributed by atoms with Crippen molar-refractivity contribution in [1.82, 2.24) is 4.90 Å². The van der Waals surface area contributed by atoms with E-state index in [1.165, 1.54) is 19.3 Å². The summed E-state index contributed by atoms with van der Waals surface area (Å²) in [5, 5.41) is 0. The maximum absolute atomic E-state index is 12.1. The minimum atomic E-state index is 0.275. The highest BCUT2D eigenvalue weighted by molar-refractivity contribution is 9.09. The molecule has 2 aliphatic rings. The Morgan fingerprint density at radius 1 is 1.27 bits per heavy atom. The van der Waals surface area contributed by atoms with Gasteiger partial charge in [-0.25, -0.2) is 0 Å². The zero-order valence-electron chi connectivity index (χ0n) is 9.42. The van der Waals surface area contributed by atoms with E-state index in [9.17, 15) is 4.79 Å². The predicted octanol–water partition coefficient (Wildman–Crippen LogP) is 2.81. The second-order valence-corrected chi connectivity index (χ2v) is 6.27. The van der Waals surface area contributed by atoms with Crippen molar-refractivity contribution in [2.45, 2.75) is 43.9 Å². The number of rotatable bonds is 2. The fraction of sp³-hybridized carbons (Fsp3) is 0.917. The van der Waals surface area contributed by atoms with Crippen LogP contribution in [0.5, 0.6) is 0 Å². The molecule has 0 N–H and O–H groups in total. The third-order valence-electron chi connectivity index (χ3n) is 3.69. The van der Waals surface area contributed by atoms with Crippen LogP contribution >= 0.6 is 15.9 Å². The Kier molecular flexibility index (Phi) is 3.70. The van der Waals surface area contributed by atoms with E-state index in [0.717, 1.165) is 25.9 Å². The van der Waals surface area contributed by atoms with E-state index in [1.54, 1.807) is 0 Å². The Morgan fingerprint density at radius 2 is 2.00 bits per heavy atom. The number of amides is 1. The van der Waals surface area contributed by atoms with Gasteiger partial charge in [-0.1, -0.05) is 22.9 Å². The van der Waals surface area contributed by atoms with E-state index in [4.69, 9.17) is 0 Å². The average Bonchev–Trinajstić information content (AvgIpc) is 3.02. The van der Waals surface area contributed by atoms with Gasteiger partial charge in [0, 0.05) is 23.8 Å². The van der Waals surface area contributed by atoms with Gasteiger partial charge in [-0.15, -0.1) is 0 Å². The Balaban J connectivity index is 1.88. The van der Waals surface area contributed by atoms with Gasteiger partial charge in [-0.3, -0.25) is 4.79 Å². The minimum Gasteiger partial charge on any atom is -0.342 e. The van der Waals surface area contributed by atoms with Crippen molar-refractivity contribution in [3.05, 3.63) is 0 Å². The Bertz CT molecular complexity index is 240. The molecule has 2 rings (SSSR count). The first kappa shape index (κ1) is 11.4. The molecular weight excluding hydrogens is 254 g/mol. The van der Waals surface area contributed by atoms with Crippen molar-refractivity contribution in [3.8, 4) is 0 Å². The molecule has 2 nitrogen and oxygen atoms in total. The fourth-order valence-corrected chi connectivity index (χ4v) is 2.89. The SMILES string of the molecule is CC(C(=O)N1CCCC(Br)CC1)C1CC1. The number of carbonyl (C=O) groups excluding carboxylic acids is 1. The number of halogens is 1. The lowest BCUT2D eigenvalue weighted by molar-refractivity contribution is -0.135. The molecule has 0 aromatic rings. The van der Waals surface area contributed by atoms with Gasteiger partial charge in [-0.05, 0) is 38.0 Å². The second-order valence-electron chi connectivity index (χ2n) is 4.98. The summed E-state index contributed by atoms with van der Waals surface area (Å²) in [4.78, 5) is 14.9. The van der Waals surface area contributed by atoms with Crippen LogP contribution in [-0.2, 0) is 4.79 Å². The topological polar surface area (TPSA) is 20.3 Å². The molecule has 2 atom stereocenters. The number of carbonyl (C=O) groups is 1. The van der Waals surface area contributed by atoms with E-state index in [0.29, 0.717) is 16.7 Å². The number of nitrogens with zero attached hydrogens (tertiary/aromatic N) is 1. The highest BCUT2D eigenvalue weighted by atomic mass is 79.9. The van der Waals surface area contributed by atoms with Crippen LogP contribution in [0.3, 0.4) is 0 Å². The van der Waals surface area contributed by atoms with Crippen LogP contribution in [0.25, 0.3) is 0 Å². The summed E-state index contributed by atoms with van der Waals surface area (Å²) in [6, 6.07) is 0. The molecule has 0 spiro atoms.